The van der Waals surface area contributed by atoms with Gasteiger partial charge in [0.1, 0.15) is 0 Å². The van der Waals surface area contributed by atoms with E-state index < -0.39 is 5.41 Å². The molecule has 4 heteroatoms. The summed E-state index contributed by atoms with van der Waals surface area (Å²) in [5.41, 5.74) is 6.85. The molecular weight excluding hydrogens is 224 g/mol. The van der Waals surface area contributed by atoms with Gasteiger partial charge in [0.15, 0.2) is 0 Å². The van der Waals surface area contributed by atoms with E-state index in [1.165, 1.54) is 0 Å². The van der Waals surface area contributed by atoms with Crippen molar-refractivity contribution in [3.63, 3.8) is 0 Å². The summed E-state index contributed by atoms with van der Waals surface area (Å²) in [5.74, 6) is -0.0206. The number of nitrogens with one attached hydrogen (secondary N) is 2. The van der Waals surface area contributed by atoms with E-state index in [0.717, 1.165) is 11.3 Å². The molecule has 0 unspecified atom stereocenters. The van der Waals surface area contributed by atoms with Crippen LogP contribution in [0.1, 0.15) is 19.4 Å². The summed E-state index contributed by atoms with van der Waals surface area (Å²) in [7, 11) is 0. The van der Waals surface area contributed by atoms with E-state index in [1.807, 2.05) is 44.2 Å². The lowest BCUT2D eigenvalue weighted by molar-refractivity contribution is -0.125. The standard InChI is InChI=1S/C12H13ClN2O/c1-12(2)10(14-15-11(12)16)7-8-3-5-9(13)6-4-8/h3-7,14H,1-2H3,(H,15,16)/b10-7-. The molecule has 0 spiro atoms. The topological polar surface area (TPSA) is 41.1 Å². The van der Waals surface area contributed by atoms with Crippen LogP contribution in [0.5, 0.6) is 0 Å². The third kappa shape index (κ3) is 1.91. The first-order chi connectivity index (χ1) is 7.50. The van der Waals surface area contributed by atoms with E-state index >= 15 is 0 Å². The molecular formula is C12H13ClN2O. The smallest absolute Gasteiger partial charge is 0.249 e. The van der Waals surface area contributed by atoms with Crippen LogP contribution in [0.2, 0.25) is 5.02 Å². The van der Waals surface area contributed by atoms with Crippen molar-refractivity contribution in [1.29, 1.82) is 0 Å². The minimum absolute atomic E-state index is 0.0206. The second-order valence-electron chi connectivity index (χ2n) is 4.31. The highest BCUT2D eigenvalue weighted by atomic mass is 35.5. The highest BCUT2D eigenvalue weighted by molar-refractivity contribution is 6.30. The fourth-order valence-electron chi connectivity index (χ4n) is 1.50. The Kier molecular flexibility index (Phi) is 2.64. The number of rotatable bonds is 1. The molecule has 2 rings (SSSR count). The molecule has 16 heavy (non-hydrogen) atoms. The molecule has 0 atom stereocenters. The normalized spacial score (nSPS) is 20.7. The van der Waals surface area contributed by atoms with Crippen molar-refractivity contribution < 1.29 is 4.79 Å². The Labute approximate surface area is 99.5 Å². The molecule has 3 nitrogen and oxygen atoms in total. The average Bonchev–Trinajstić information content (AvgIpc) is 2.48. The molecule has 2 N–H and O–H groups in total. The lowest BCUT2D eigenvalue weighted by Gasteiger charge is -2.14. The van der Waals surface area contributed by atoms with Crippen LogP contribution in [-0.2, 0) is 4.79 Å². The van der Waals surface area contributed by atoms with Crippen LogP contribution < -0.4 is 10.9 Å². The third-order valence-corrected chi connectivity index (χ3v) is 2.98. The van der Waals surface area contributed by atoms with Gasteiger partial charge in [0.05, 0.1) is 5.41 Å². The summed E-state index contributed by atoms with van der Waals surface area (Å²) in [4.78, 5) is 11.5. The van der Waals surface area contributed by atoms with E-state index in [9.17, 15) is 4.79 Å². The van der Waals surface area contributed by atoms with Crippen LogP contribution in [0.25, 0.3) is 6.08 Å². The minimum Gasteiger partial charge on any atom is -0.302 e. The quantitative estimate of drug-likeness (QED) is 0.786. The van der Waals surface area contributed by atoms with Crippen LogP contribution in [0.4, 0.5) is 0 Å². The van der Waals surface area contributed by atoms with E-state index in [1.54, 1.807) is 0 Å². The van der Waals surface area contributed by atoms with E-state index in [2.05, 4.69) is 10.9 Å². The van der Waals surface area contributed by atoms with Crippen molar-refractivity contribution in [3.05, 3.63) is 40.5 Å². The van der Waals surface area contributed by atoms with Gasteiger partial charge in [0.25, 0.3) is 0 Å². The molecule has 0 bridgehead atoms. The number of benzene rings is 1. The van der Waals surface area contributed by atoms with Crippen LogP contribution in [0.15, 0.2) is 30.0 Å². The number of carbonyl (C=O) groups is 1. The Morgan fingerprint density at radius 2 is 1.81 bits per heavy atom. The van der Waals surface area contributed by atoms with Crippen LogP contribution in [-0.4, -0.2) is 5.91 Å². The average molecular weight is 237 g/mol. The van der Waals surface area contributed by atoms with Gasteiger partial charge < -0.3 is 5.43 Å². The predicted molar refractivity (Wildman–Crippen MR) is 64.5 cm³/mol. The van der Waals surface area contributed by atoms with E-state index in [0.29, 0.717) is 5.02 Å². The van der Waals surface area contributed by atoms with Gasteiger partial charge in [-0.25, -0.2) is 0 Å². The van der Waals surface area contributed by atoms with Crippen molar-refractivity contribution in [3.8, 4) is 0 Å². The second-order valence-corrected chi connectivity index (χ2v) is 4.75. The number of hydrogen-bond donors (Lipinski definition) is 2. The van der Waals surface area contributed by atoms with Crippen LogP contribution in [0.3, 0.4) is 0 Å². The molecule has 1 heterocycles. The first-order valence-electron chi connectivity index (χ1n) is 5.04. The lowest BCUT2D eigenvalue weighted by atomic mass is 9.89. The summed E-state index contributed by atoms with van der Waals surface area (Å²) in [6.45, 7) is 3.76. The van der Waals surface area contributed by atoms with Crippen LogP contribution in [0, 0.1) is 5.41 Å². The molecule has 0 aromatic heterocycles. The Morgan fingerprint density at radius 3 is 2.31 bits per heavy atom. The van der Waals surface area contributed by atoms with Gasteiger partial charge in [-0.2, -0.15) is 0 Å². The maximum Gasteiger partial charge on any atom is 0.249 e. The zero-order valence-corrected chi connectivity index (χ0v) is 9.93. The van der Waals surface area contributed by atoms with Gasteiger partial charge in [-0.05, 0) is 37.6 Å². The molecule has 1 aromatic carbocycles. The summed E-state index contributed by atoms with van der Waals surface area (Å²) in [6.07, 6.45) is 1.94. The molecule has 84 valence electrons. The van der Waals surface area contributed by atoms with Crippen molar-refractivity contribution in [2.45, 2.75) is 13.8 Å². The van der Waals surface area contributed by atoms with Gasteiger partial charge in [-0.3, -0.25) is 10.2 Å². The van der Waals surface area contributed by atoms with Gasteiger partial charge in [0.2, 0.25) is 5.91 Å². The van der Waals surface area contributed by atoms with Gasteiger partial charge in [0, 0.05) is 10.7 Å². The monoisotopic (exact) mass is 236 g/mol. The maximum absolute atomic E-state index is 11.5. The Bertz CT molecular complexity index is 449. The first-order valence-corrected chi connectivity index (χ1v) is 5.42. The number of hydrogen-bond acceptors (Lipinski definition) is 2. The highest BCUT2D eigenvalue weighted by Crippen LogP contribution is 2.29. The zero-order valence-electron chi connectivity index (χ0n) is 9.17. The minimum atomic E-state index is -0.514. The molecule has 0 radical (unpaired) electrons. The number of halogens is 1. The van der Waals surface area contributed by atoms with Crippen molar-refractivity contribution in [2.75, 3.05) is 0 Å². The largest absolute Gasteiger partial charge is 0.302 e. The Hall–Kier alpha value is -1.48. The highest BCUT2D eigenvalue weighted by Gasteiger charge is 2.37. The zero-order chi connectivity index (χ0) is 11.8. The fraction of sp³-hybridized carbons (Fsp3) is 0.250. The molecule has 1 aliphatic rings. The summed E-state index contributed by atoms with van der Waals surface area (Å²) < 4.78 is 0. The maximum atomic E-state index is 11.5. The molecule has 0 aliphatic carbocycles. The molecule has 0 saturated carbocycles. The summed E-state index contributed by atoms with van der Waals surface area (Å²) in [6, 6.07) is 7.47. The van der Waals surface area contributed by atoms with E-state index in [4.69, 9.17) is 11.6 Å². The fourth-order valence-corrected chi connectivity index (χ4v) is 1.63. The van der Waals surface area contributed by atoms with Crippen molar-refractivity contribution in [2.24, 2.45) is 5.41 Å². The molecule has 1 aromatic rings. The molecule has 1 saturated heterocycles. The van der Waals surface area contributed by atoms with Gasteiger partial charge in [-0.15, -0.1) is 0 Å². The molecule has 1 amide bonds. The molecule has 1 fully saturated rings. The number of amides is 1. The van der Waals surface area contributed by atoms with E-state index in [-0.39, 0.29) is 5.91 Å². The van der Waals surface area contributed by atoms with Crippen molar-refractivity contribution >= 4 is 23.6 Å². The van der Waals surface area contributed by atoms with Gasteiger partial charge >= 0.3 is 0 Å². The summed E-state index contributed by atoms with van der Waals surface area (Å²) in [5, 5.41) is 0.704. The lowest BCUT2D eigenvalue weighted by Crippen LogP contribution is -2.28. The number of carbonyl (C=O) groups excluding carboxylic acids is 1. The summed E-state index contributed by atoms with van der Waals surface area (Å²) >= 11 is 5.80. The number of hydrazine groups is 1. The Balaban J connectivity index is 2.32. The predicted octanol–water partition coefficient (Wildman–Crippen LogP) is 2.34. The van der Waals surface area contributed by atoms with Crippen LogP contribution >= 0.6 is 11.6 Å². The second kappa shape index (κ2) is 3.83. The third-order valence-electron chi connectivity index (χ3n) is 2.73. The SMILES string of the molecule is CC1(C)C(=O)NN/C1=C\c1ccc(Cl)cc1. The first kappa shape index (κ1) is 11.0. The van der Waals surface area contributed by atoms with Gasteiger partial charge in [-0.1, -0.05) is 23.7 Å². The Morgan fingerprint density at radius 1 is 1.19 bits per heavy atom. The van der Waals surface area contributed by atoms with Crippen molar-refractivity contribution in [1.82, 2.24) is 10.9 Å². The molecule has 1 aliphatic heterocycles.